The van der Waals surface area contributed by atoms with E-state index in [4.69, 9.17) is 9.47 Å². The number of thiophene rings is 1. The number of ether oxygens (including phenoxy) is 2. The Morgan fingerprint density at radius 3 is 2.56 bits per heavy atom. The molecule has 1 aliphatic heterocycles. The number of hydrogen-bond acceptors (Lipinski definition) is 5. The van der Waals surface area contributed by atoms with Gasteiger partial charge in [-0.2, -0.15) is 0 Å². The fourth-order valence-electron chi connectivity index (χ4n) is 3.33. The van der Waals surface area contributed by atoms with E-state index in [1.165, 1.54) is 15.3 Å². The van der Waals surface area contributed by atoms with Gasteiger partial charge in [0.15, 0.2) is 11.5 Å². The SMILES string of the molecule is COc1cc(Br)c(C(c2ccc(C)s2)N2CCCNCC2)cc1OC. The maximum atomic E-state index is 5.56. The minimum Gasteiger partial charge on any atom is -0.493 e. The molecule has 6 heteroatoms. The molecule has 0 spiro atoms. The van der Waals surface area contributed by atoms with Gasteiger partial charge >= 0.3 is 0 Å². The Bertz CT molecular complexity index is 711. The molecule has 0 amide bonds. The van der Waals surface area contributed by atoms with Crippen LogP contribution in [0.4, 0.5) is 0 Å². The van der Waals surface area contributed by atoms with Crippen LogP contribution in [0.1, 0.15) is 27.8 Å². The van der Waals surface area contributed by atoms with Crippen LogP contribution in [-0.2, 0) is 0 Å². The van der Waals surface area contributed by atoms with E-state index in [1.807, 2.05) is 17.4 Å². The lowest BCUT2D eigenvalue weighted by molar-refractivity contribution is 0.242. The van der Waals surface area contributed by atoms with Gasteiger partial charge in [0, 0.05) is 33.9 Å². The molecule has 1 atom stereocenters. The van der Waals surface area contributed by atoms with Gasteiger partial charge in [0.1, 0.15) is 0 Å². The molecule has 1 saturated heterocycles. The van der Waals surface area contributed by atoms with Crippen LogP contribution in [0.3, 0.4) is 0 Å². The first-order valence-corrected chi connectivity index (χ1v) is 10.2. The summed E-state index contributed by atoms with van der Waals surface area (Å²) in [5.74, 6) is 1.52. The van der Waals surface area contributed by atoms with E-state index < -0.39 is 0 Å². The van der Waals surface area contributed by atoms with Gasteiger partial charge in [-0.3, -0.25) is 4.90 Å². The van der Waals surface area contributed by atoms with Crippen molar-refractivity contribution in [2.75, 3.05) is 40.4 Å². The zero-order valence-corrected chi connectivity index (χ0v) is 17.4. The van der Waals surface area contributed by atoms with Gasteiger partial charge in [-0.1, -0.05) is 15.9 Å². The van der Waals surface area contributed by atoms with E-state index in [0.717, 1.165) is 48.6 Å². The fourth-order valence-corrected chi connectivity index (χ4v) is 4.91. The molecular formula is C19H25BrN2O2S. The first kappa shape index (κ1) is 18.7. The Morgan fingerprint density at radius 2 is 1.88 bits per heavy atom. The monoisotopic (exact) mass is 424 g/mol. The number of halogens is 1. The van der Waals surface area contributed by atoms with Gasteiger partial charge in [0.05, 0.1) is 20.3 Å². The van der Waals surface area contributed by atoms with Crippen LogP contribution < -0.4 is 14.8 Å². The summed E-state index contributed by atoms with van der Waals surface area (Å²) in [4.78, 5) is 5.27. The van der Waals surface area contributed by atoms with Crippen LogP contribution in [0.25, 0.3) is 0 Å². The number of rotatable bonds is 5. The van der Waals surface area contributed by atoms with Crippen LogP contribution in [0.2, 0.25) is 0 Å². The van der Waals surface area contributed by atoms with E-state index in [2.05, 4.69) is 51.3 Å². The summed E-state index contributed by atoms with van der Waals surface area (Å²) in [7, 11) is 3.36. The highest BCUT2D eigenvalue weighted by molar-refractivity contribution is 9.10. The smallest absolute Gasteiger partial charge is 0.161 e. The van der Waals surface area contributed by atoms with E-state index >= 15 is 0 Å². The summed E-state index contributed by atoms with van der Waals surface area (Å²) >= 11 is 5.64. The molecule has 0 aliphatic carbocycles. The summed E-state index contributed by atoms with van der Waals surface area (Å²) < 4.78 is 12.1. The molecule has 0 saturated carbocycles. The predicted octanol–water partition coefficient (Wildman–Crippen LogP) is 4.22. The molecule has 136 valence electrons. The van der Waals surface area contributed by atoms with Crippen molar-refractivity contribution in [2.45, 2.75) is 19.4 Å². The van der Waals surface area contributed by atoms with Crippen LogP contribution in [0.5, 0.6) is 11.5 Å². The average molecular weight is 425 g/mol. The van der Waals surface area contributed by atoms with Crippen LogP contribution in [-0.4, -0.2) is 45.3 Å². The van der Waals surface area contributed by atoms with Crippen molar-refractivity contribution in [1.82, 2.24) is 10.2 Å². The normalized spacial score (nSPS) is 17.1. The number of nitrogens with one attached hydrogen (secondary N) is 1. The second kappa shape index (κ2) is 8.54. The van der Waals surface area contributed by atoms with Crippen molar-refractivity contribution in [3.8, 4) is 11.5 Å². The van der Waals surface area contributed by atoms with Gasteiger partial charge in [0.25, 0.3) is 0 Å². The third kappa shape index (κ3) is 4.19. The average Bonchev–Trinajstić information content (AvgIpc) is 2.87. The topological polar surface area (TPSA) is 33.7 Å². The fraction of sp³-hybridized carbons (Fsp3) is 0.474. The van der Waals surface area contributed by atoms with E-state index in [-0.39, 0.29) is 6.04 Å². The van der Waals surface area contributed by atoms with Crippen molar-refractivity contribution in [3.05, 3.63) is 44.1 Å². The third-order valence-corrected chi connectivity index (χ3v) is 6.31. The maximum absolute atomic E-state index is 5.56. The number of benzene rings is 1. The lowest BCUT2D eigenvalue weighted by Crippen LogP contribution is -2.32. The summed E-state index contributed by atoms with van der Waals surface area (Å²) in [6.07, 6.45) is 1.16. The minimum absolute atomic E-state index is 0.216. The molecule has 1 N–H and O–H groups in total. The van der Waals surface area contributed by atoms with Gasteiger partial charge in [-0.25, -0.2) is 0 Å². The van der Waals surface area contributed by atoms with Gasteiger partial charge in [-0.15, -0.1) is 11.3 Å². The zero-order chi connectivity index (χ0) is 17.8. The van der Waals surface area contributed by atoms with Gasteiger partial charge in [0.2, 0.25) is 0 Å². The molecule has 2 aromatic rings. The Hall–Kier alpha value is -1.08. The number of nitrogens with zero attached hydrogens (tertiary/aromatic N) is 1. The lowest BCUT2D eigenvalue weighted by atomic mass is 10.0. The number of aryl methyl sites for hydroxylation is 1. The second-order valence-electron chi connectivity index (χ2n) is 6.22. The Morgan fingerprint density at radius 1 is 1.12 bits per heavy atom. The minimum atomic E-state index is 0.216. The molecule has 1 unspecified atom stereocenters. The Kier molecular flexibility index (Phi) is 6.39. The van der Waals surface area contributed by atoms with E-state index in [0.29, 0.717) is 0 Å². The Labute approximate surface area is 162 Å². The van der Waals surface area contributed by atoms with E-state index in [9.17, 15) is 0 Å². The molecular weight excluding hydrogens is 400 g/mol. The van der Waals surface area contributed by atoms with Crippen molar-refractivity contribution < 1.29 is 9.47 Å². The van der Waals surface area contributed by atoms with Crippen molar-refractivity contribution in [3.63, 3.8) is 0 Å². The first-order chi connectivity index (χ1) is 12.1. The molecule has 1 aromatic heterocycles. The summed E-state index contributed by atoms with van der Waals surface area (Å²) in [5, 5.41) is 3.50. The highest BCUT2D eigenvalue weighted by atomic mass is 79.9. The zero-order valence-electron chi connectivity index (χ0n) is 15.0. The summed E-state index contributed by atoms with van der Waals surface area (Å²) in [6.45, 7) is 6.38. The molecule has 1 aromatic carbocycles. The molecule has 3 rings (SSSR count). The summed E-state index contributed by atoms with van der Waals surface area (Å²) in [5.41, 5.74) is 1.22. The van der Waals surface area contributed by atoms with Crippen LogP contribution >= 0.6 is 27.3 Å². The molecule has 25 heavy (non-hydrogen) atoms. The molecule has 1 fully saturated rings. The molecule has 2 heterocycles. The highest BCUT2D eigenvalue weighted by Crippen LogP contribution is 2.42. The quantitative estimate of drug-likeness (QED) is 0.778. The standard InChI is InChI=1S/C19H25BrN2O2S/c1-13-5-6-18(25-13)19(22-9-4-7-21-8-10-22)14-11-16(23-2)17(24-3)12-15(14)20/h5-6,11-12,19,21H,4,7-10H2,1-3H3. The Balaban J connectivity index is 2.07. The molecule has 0 radical (unpaired) electrons. The highest BCUT2D eigenvalue weighted by Gasteiger charge is 2.27. The predicted molar refractivity (Wildman–Crippen MR) is 107 cm³/mol. The lowest BCUT2D eigenvalue weighted by Gasteiger charge is -2.31. The maximum Gasteiger partial charge on any atom is 0.161 e. The van der Waals surface area contributed by atoms with Crippen molar-refractivity contribution in [1.29, 1.82) is 0 Å². The largest absolute Gasteiger partial charge is 0.493 e. The molecule has 4 nitrogen and oxygen atoms in total. The van der Waals surface area contributed by atoms with E-state index in [1.54, 1.807) is 14.2 Å². The molecule has 0 bridgehead atoms. The third-order valence-electron chi connectivity index (χ3n) is 4.57. The van der Waals surface area contributed by atoms with Gasteiger partial charge in [-0.05, 0) is 49.7 Å². The second-order valence-corrected chi connectivity index (χ2v) is 8.39. The van der Waals surface area contributed by atoms with Crippen molar-refractivity contribution in [2.24, 2.45) is 0 Å². The van der Waals surface area contributed by atoms with Crippen LogP contribution in [0, 0.1) is 6.92 Å². The van der Waals surface area contributed by atoms with Crippen molar-refractivity contribution >= 4 is 27.3 Å². The first-order valence-electron chi connectivity index (χ1n) is 8.56. The van der Waals surface area contributed by atoms with Gasteiger partial charge < -0.3 is 14.8 Å². The number of methoxy groups -OCH3 is 2. The summed E-state index contributed by atoms with van der Waals surface area (Å²) in [6, 6.07) is 8.80. The van der Waals surface area contributed by atoms with Crippen LogP contribution in [0.15, 0.2) is 28.7 Å². The molecule has 1 aliphatic rings. The number of hydrogen-bond donors (Lipinski definition) is 1.